The molecule has 0 aliphatic carbocycles. The van der Waals surface area contributed by atoms with Crippen LogP contribution in [0.1, 0.15) is 16.6 Å². The Morgan fingerprint density at radius 1 is 1.92 bits per heavy atom. The van der Waals surface area contributed by atoms with Crippen molar-refractivity contribution in [1.82, 2.24) is 14.9 Å². The number of hydrogen-bond donors (Lipinski definition) is 1. The number of aromatic nitrogens is 2. The zero-order valence-electron chi connectivity index (χ0n) is 7.02. The normalized spacial score (nSPS) is 11.7. The molecule has 1 N–H and O–H groups in total. The second kappa shape index (κ2) is 4.52. The lowest BCUT2D eigenvalue weighted by Crippen LogP contribution is -2.27. The molecule has 1 aromatic heterocycles. The van der Waals surface area contributed by atoms with Crippen LogP contribution in [0.15, 0.2) is 6.20 Å². The van der Waals surface area contributed by atoms with E-state index >= 15 is 0 Å². The molecule has 0 aromatic carbocycles. The Morgan fingerprint density at radius 3 is 3.23 bits per heavy atom. The van der Waals surface area contributed by atoms with Gasteiger partial charge in [-0.2, -0.15) is 5.26 Å². The van der Waals surface area contributed by atoms with Gasteiger partial charge in [-0.25, -0.2) is 0 Å². The molecule has 1 rings (SSSR count). The van der Waals surface area contributed by atoms with Gasteiger partial charge in [-0.15, -0.1) is 5.10 Å². The summed E-state index contributed by atoms with van der Waals surface area (Å²) in [6.45, 7) is 2.10. The van der Waals surface area contributed by atoms with Crippen LogP contribution in [0, 0.1) is 17.2 Å². The molecular formula is C7H8N4OS. The van der Waals surface area contributed by atoms with Crippen LogP contribution >= 0.6 is 11.5 Å². The van der Waals surface area contributed by atoms with E-state index in [1.807, 2.05) is 6.07 Å². The first-order valence-corrected chi connectivity index (χ1v) is 4.46. The molecule has 1 amide bonds. The third-order valence-electron chi connectivity index (χ3n) is 1.37. The van der Waals surface area contributed by atoms with Crippen molar-refractivity contribution >= 4 is 17.4 Å². The SMILES string of the molecule is CC(C#N)CNC(=O)c1cnns1. The zero-order valence-corrected chi connectivity index (χ0v) is 7.84. The van der Waals surface area contributed by atoms with Gasteiger partial charge in [0.25, 0.3) is 5.91 Å². The smallest absolute Gasteiger partial charge is 0.264 e. The van der Waals surface area contributed by atoms with Crippen LogP contribution in [0.4, 0.5) is 0 Å². The molecule has 1 heterocycles. The molecule has 13 heavy (non-hydrogen) atoms. The highest BCUT2D eigenvalue weighted by atomic mass is 32.1. The van der Waals surface area contributed by atoms with E-state index in [1.54, 1.807) is 6.92 Å². The van der Waals surface area contributed by atoms with Gasteiger partial charge in [-0.3, -0.25) is 4.79 Å². The third-order valence-corrected chi connectivity index (χ3v) is 2.04. The topological polar surface area (TPSA) is 78.7 Å². The second-order valence-electron chi connectivity index (χ2n) is 2.52. The Kier molecular flexibility index (Phi) is 3.34. The zero-order chi connectivity index (χ0) is 9.68. The number of carbonyl (C=O) groups excluding carboxylic acids is 1. The molecule has 0 aliphatic rings. The number of amides is 1. The van der Waals surface area contributed by atoms with Gasteiger partial charge in [-0.05, 0) is 18.5 Å². The molecule has 0 spiro atoms. The fraction of sp³-hybridized carbons (Fsp3) is 0.429. The maximum absolute atomic E-state index is 11.2. The first kappa shape index (κ1) is 9.61. The van der Waals surface area contributed by atoms with E-state index in [0.29, 0.717) is 11.4 Å². The van der Waals surface area contributed by atoms with Crippen molar-refractivity contribution in [2.45, 2.75) is 6.92 Å². The third kappa shape index (κ3) is 2.80. The monoisotopic (exact) mass is 196 g/mol. The molecule has 6 heteroatoms. The predicted molar refractivity (Wildman–Crippen MR) is 47.0 cm³/mol. The molecule has 0 aliphatic heterocycles. The van der Waals surface area contributed by atoms with Gasteiger partial charge in [-0.1, -0.05) is 4.49 Å². The molecular weight excluding hydrogens is 188 g/mol. The van der Waals surface area contributed by atoms with Gasteiger partial charge in [0, 0.05) is 6.54 Å². The molecule has 0 bridgehead atoms. The number of nitrogens with one attached hydrogen (secondary N) is 1. The number of nitriles is 1. The van der Waals surface area contributed by atoms with Crippen LogP contribution in [-0.2, 0) is 0 Å². The van der Waals surface area contributed by atoms with Crippen molar-refractivity contribution in [3.05, 3.63) is 11.1 Å². The van der Waals surface area contributed by atoms with Crippen LogP contribution in [-0.4, -0.2) is 22.0 Å². The Labute approximate surface area is 79.5 Å². The molecule has 0 saturated heterocycles. The van der Waals surface area contributed by atoms with Gasteiger partial charge >= 0.3 is 0 Å². The van der Waals surface area contributed by atoms with Gasteiger partial charge in [0.05, 0.1) is 18.2 Å². The van der Waals surface area contributed by atoms with Gasteiger partial charge in [0.2, 0.25) is 0 Å². The van der Waals surface area contributed by atoms with Gasteiger partial charge in [0.1, 0.15) is 4.88 Å². The highest BCUT2D eigenvalue weighted by Gasteiger charge is 2.08. The van der Waals surface area contributed by atoms with Crippen LogP contribution in [0.5, 0.6) is 0 Å². The van der Waals surface area contributed by atoms with E-state index in [2.05, 4.69) is 14.9 Å². The number of carbonyl (C=O) groups is 1. The van der Waals surface area contributed by atoms with Crippen LogP contribution < -0.4 is 5.32 Å². The molecule has 68 valence electrons. The van der Waals surface area contributed by atoms with Gasteiger partial charge in [0.15, 0.2) is 0 Å². The average Bonchev–Trinajstić information content (AvgIpc) is 2.66. The highest BCUT2D eigenvalue weighted by Crippen LogP contribution is 2.01. The fourth-order valence-corrected chi connectivity index (χ4v) is 1.08. The Morgan fingerprint density at radius 2 is 2.69 bits per heavy atom. The largest absolute Gasteiger partial charge is 0.350 e. The van der Waals surface area contributed by atoms with Crippen LogP contribution in [0.2, 0.25) is 0 Å². The molecule has 1 unspecified atom stereocenters. The lowest BCUT2D eigenvalue weighted by atomic mass is 10.2. The van der Waals surface area contributed by atoms with E-state index in [9.17, 15) is 4.79 Å². The molecule has 1 aromatic rings. The van der Waals surface area contributed by atoms with E-state index in [0.717, 1.165) is 11.5 Å². The van der Waals surface area contributed by atoms with Crippen molar-refractivity contribution in [1.29, 1.82) is 5.26 Å². The highest BCUT2D eigenvalue weighted by molar-refractivity contribution is 7.07. The summed E-state index contributed by atoms with van der Waals surface area (Å²) in [5.41, 5.74) is 0. The summed E-state index contributed by atoms with van der Waals surface area (Å²) in [7, 11) is 0. The fourth-order valence-electron chi connectivity index (χ4n) is 0.646. The number of hydrogen-bond acceptors (Lipinski definition) is 5. The van der Waals surface area contributed by atoms with Crippen LogP contribution in [0.3, 0.4) is 0 Å². The standard InChI is InChI=1S/C7H8N4OS/c1-5(2-8)3-9-7(12)6-4-10-11-13-6/h4-5H,3H2,1H3,(H,9,12). The van der Waals surface area contributed by atoms with Crippen molar-refractivity contribution in [3.8, 4) is 6.07 Å². The van der Waals surface area contributed by atoms with E-state index in [1.165, 1.54) is 6.20 Å². The molecule has 5 nitrogen and oxygen atoms in total. The van der Waals surface area contributed by atoms with E-state index < -0.39 is 0 Å². The lowest BCUT2D eigenvalue weighted by molar-refractivity contribution is 0.0954. The Balaban J connectivity index is 2.40. The van der Waals surface area contributed by atoms with Crippen LogP contribution in [0.25, 0.3) is 0 Å². The first-order valence-electron chi connectivity index (χ1n) is 3.69. The van der Waals surface area contributed by atoms with E-state index in [-0.39, 0.29) is 11.8 Å². The molecule has 0 fully saturated rings. The summed E-state index contributed by atoms with van der Waals surface area (Å²) in [5, 5.41) is 14.6. The van der Waals surface area contributed by atoms with E-state index in [4.69, 9.17) is 5.26 Å². The van der Waals surface area contributed by atoms with Crippen molar-refractivity contribution < 1.29 is 4.79 Å². The Bertz CT molecular complexity index is 316. The summed E-state index contributed by atoms with van der Waals surface area (Å²) in [5.74, 6) is -0.401. The summed E-state index contributed by atoms with van der Waals surface area (Å²) < 4.78 is 3.56. The minimum Gasteiger partial charge on any atom is -0.350 e. The summed E-state index contributed by atoms with van der Waals surface area (Å²) in [4.78, 5) is 11.7. The van der Waals surface area contributed by atoms with Crippen molar-refractivity contribution in [2.75, 3.05) is 6.54 Å². The summed E-state index contributed by atoms with van der Waals surface area (Å²) in [6, 6.07) is 2.02. The maximum atomic E-state index is 11.2. The number of rotatable bonds is 3. The van der Waals surface area contributed by atoms with Gasteiger partial charge < -0.3 is 5.32 Å². The average molecular weight is 196 g/mol. The molecule has 0 saturated carbocycles. The summed E-state index contributed by atoms with van der Waals surface area (Å²) >= 11 is 1.03. The lowest BCUT2D eigenvalue weighted by Gasteiger charge is -2.02. The minimum absolute atomic E-state index is 0.176. The second-order valence-corrected chi connectivity index (χ2v) is 3.31. The predicted octanol–water partition coefficient (Wildman–Crippen LogP) is 0.428. The minimum atomic E-state index is -0.225. The summed E-state index contributed by atoms with van der Waals surface area (Å²) in [6.07, 6.45) is 1.40. The number of nitrogens with zero attached hydrogens (tertiary/aromatic N) is 3. The first-order chi connectivity index (χ1) is 6.24. The molecule has 0 radical (unpaired) electrons. The quantitative estimate of drug-likeness (QED) is 0.760. The van der Waals surface area contributed by atoms with Crippen molar-refractivity contribution in [3.63, 3.8) is 0 Å². The van der Waals surface area contributed by atoms with Crippen molar-refractivity contribution in [2.24, 2.45) is 5.92 Å². The Hall–Kier alpha value is -1.48. The molecule has 1 atom stereocenters. The maximum Gasteiger partial charge on any atom is 0.264 e.